The maximum absolute atomic E-state index is 13.7. The van der Waals surface area contributed by atoms with Crippen LogP contribution in [0.4, 0.5) is 5.69 Å². The monoisotopic (exact) mass is 458 g/mol. The van der Waals surface area contributed by atoms with Gasteiger partial charge in [0.1, 0.15) is 11.8 Å². The number of nitrogens with zero attached hydrogens (tertiary/aromatic N) is 1. The van der Waals surface area contributed by atoms with Crippen molar-refractivity contribution in [3.63, 3.8) is 0 Å². The number of ether oxygens (including phenoxy) is 2. The average Bonchev–Trinajstić information content (AvgIpc) is 3.12. The van der Waals surface area contributed by atoms with Crippen molar-refractivity contribution in [2.75, 3.05) is 25.6 Å². The highest BCUT2D eigenvalue weighted by molar-refractivity contribution is 6.01. The minimum atomic E-state index is -0.840. The lowest BCUT2D eigenvalue weighted by Crippen LogP contribution is -2.50. The second-order valence-corrected chi connectivity index (χ2v) is 8.49. The predicted molar refractivity (Wildman–Crippen MR) is 123 cm³/mol. The standard InChI is InChI=1S/C25H34N2O6/c1-5-15-8-13-19-21(20(15)25(31)33-7-3)24(30)27(17(6-2)14-28)22(19)23(29)26-16-9-11-18(32-4)12-10-16/h8-13,15,17,19-22,28H,5-7,14H2,1-4H3,(H,26,29)/t15-,17+,19+,20-,21+,22+/m1/s1. The fourth-order valence-electron chi connectivity index (χ4n) is 5.09. The molecular weight excluding hydrogens is 424 g/mol. The lowest BCUT2D eigenvalue weighted by atomic mass is 9.69. The lowest BCUT2D eigenvalue weighted by Gasteiger charge is -2.33. The first-order chi connectivity index (χ1) is 15.9. The third-order valence-electron chi connectivity index (χ3n) is 6.78. The zero-order valence-corrected chi connectivity index (χ0v) is 19.7. The Morgan fingerprint density at radius 3 is 2.39 bits per heavy atom. The molecule has 0 unspecified atom stereocenters. The van der Waals surface area contributed by atoms with Crippen LogP contribution < -0.4 is 10.1 Å². The number of hydrogen-bond donors (Lipinski definition) is 2. The Morgan fingerprint density at radius 2 is 1.85 bits per heavy atom. The summed E-state index contributed by atoms with van der Waals surface area (Å²) in [6, 6.07) is 5.57. The van der Waals surface area contributed by atoms with Crippen molar-refractivity contribution < 1.29 is 29.0 Å². The number of rotatable bonds is 9. The van der Waals surface area contributed by atoms with Crippen LogP contribution in [0.2, 0.25) is 0 Å². The van der Waals surface area contributed by atoms with Gasteiger partial charge in [0.05, 0.1) is 38.2 Å². The Bertz CT molecular complexity index is 879. The molecule has 6 atom stereocenters. The van der Waals surface area contributed by atoms with E-state index in [1.165, 1.54) is 4.90 Å². The molecule has 1 aromatic rings. The van der Waals surface area contributed by atoms with Gasteiger partial charge in [-0.3, -0.25) is 14.4 Å². The highest BCUT2D eigenvalue weighted by atomic mass is 16.5. The second-order valence-electron chi connectivity index (χ2n) is 8.49. The van der Waals surface area contributed by atoms with Crippen molar-refractivity contribution in [2.24, 2.45) is 23.7 Å². The second kappa shape index (κ2) is 10.8. The van der Waals surface area contributed by atoms with Gasteiger partial charge in [-0.15, -0.1) is 0 Å². The Labute approximate surface area is 194 Å². The molecule has 1 aliphatic heterocycles. The van der Waals surface area contributed by atoms with Crippen LogP contribution in [-0.4, -0.2) is 60.2 Å². The summed E-state index contributed by atoms with van der Waals surface area (Å²) in [6.45, 7) is 5.53. The van der Waals surface area contributed by atoms with E-state index in [-0.39, 0.29) is 30.9 Å². The van der Waals surface area contributed by atoms with Crippen LogP contribution >= 0.6 is 0 Å². The van der Waals surface area contributed by atoms with E-state index in [1.54, 1.807) is 38.3 Å². The molecule has 33 heavy (non-hydrogen) atoms. The number of aliphatic hydroxyl groups excluding tert-OH is 1. The van der Waals surface area contributed by atoms with Gasteiger partial charge < -0.3 is 24.8 Å². The first-order valence-electron chi connectivity index (χ1n) is 11.6. The van der Waals surface area contributed by atoms with E-state index in [0.29, 0.717) is 24.3 Å². The van der Waals surface area contributed by atoms with Crippen LogP contribution in [0.15, 0.2) is 36.4 Å². The molecule has 2 N–H and O–H groups in total. The minimum Gasteiger partial charge on any atom is -0.497 e. The quantitative estimate of drug-likeness (QED) is 0.435. The van der Waals surface area contributed by atoms with Crippen molar-refractivity contribution in [1.82, 2.24) is 4.90 Å². The highest BCUT2D eigenvalue weighted by Crippen LogP contribution is 2.46. The molecule has 1 aromatic carbocycles. The molecule has 2 aliphatic rings. The molecule has 1 fully saturated rings. The van der Waals surface area contributed by atoms with Gasteiger partial charge in [0.25, 0.3) is 0 Å². The molecule has 0 saturated carbocycles. The summed E-state index contributed by atoms with van der Waals surface area (Å²) in [5, 5.41) is 12.9. The number of fused-ring (bicyclic) bond motifs is 1. The Hall–Kier alpha value is -2.87. The third-order valence-corrected chi connectivity index (χ3v) is 6.78. The molecule has 0 radical (unpaired) electrons. The third kappa shape index (κ3) is 4.76. The molecular formula is C25H34N2O6. The number of methoxy groups -OCH3 is 1. The van der Waals surface area contributed by atoms with Crippen LogP contribution in [0.3, 0.4) is 0 Å². The normalized spacial score (nSPS) is 27.1. The fourth-order valence-corrected chi connectivity index (χ4v) is 5.09. The molecule has 180 valence electrons. The van der Waals surface area contributed by atoms with Crippen LogP contribution in [-0.2, 0) is 19.1 Å². The van der Waals surface area contributed by atoms with E-state index in [2.05, 4.69) is 5.32 Å². The summed E-state index contributed by atoms with van der Waals surface area (Å²) < 4.78 is 10.5. The first kappa shape index (κ1) is 24.8. The van der Waals surface area contributed by atoms with Crippen LogP contribution in [0.25, 0.3) is 0 Å². The minimum absolute atomic E-state index is 0.145. The Morgan fingerprint density at radius 1 is 1.15 bits per heavy atom. The van der Waals surface area contributed by atoms with E-state index in [0.717, 1.165) is 0 Å². The molecule has 3 rings (SSSR count). The van der Waals surface area contributed by atoms with Gasteiger partial charge in [0, 0.05) is 11.6 Å². The smallest absolute Gasteiger partial charge is 0.310 e. The number of carbonyl (C=O) groups excluding carboxylic acids is 3. The summed E-state index contributed by atoms with van der Waals surface area (Å²) in [6.07, 6.45) is 5.00. The van der Waals surface area contributed by atoms with Gasteiger partial charge in [-0.1, -0.05) is 26.0 Å². The number of carbonyl (C=O) groups is 3. The number of aliphatic hydroxyl groups is 1. The van der Waals surface area contributed by atoms with Crippen molar-refractivity contribution in [2.45, 2.75) is 45.7 Å². The summed E-state index contributed by atoms with van der Waals surface area (Å²) in [4.78, 5) is 41.6. The SMILES string of the molecule is CCOC(=O)[C@H]1[C@H]2C(=O)N([C@@H](CC)CO)[C@H](C(=O)Nc3ccc(OC)cc3)[C@H]2C=C[C@H]1CC. The van der Waals surface area contributed by atoms with E-state index >= 15 is 0 Å². The number of amides is 2. The number of benzene rings is 1. The Kier molecular flexibility index (Phi) is 8.13. The maximum Gasteiger partial charge on any atom is 0.310 e. The zero-order valence-electron chi connectivity index (χ0n) is 19.7. The number of anilines is 1. The molecule has 0 bridgehead atoms. The number of nitrogens with one attached hydrogen (secondary N) is 1. The lowest BCUT2D eigenvalue weighted by molar-refractivity contribution is -0.156. The highest BCUT2D eigenvalue weighted by Gasteiger charge is 2.58. The predicted octanol–water partition coefficient (Wildman–Crippen LogP) is 2.62. The van der Waals surface area contributed by atoms with Gasteiger partial charge in [0.15, 0.2) is 0 Å². The molecule has 1 heterocycles. The molecule has 2 amide bonds. The van der Waals surface area contributed by atoms with Gasteiger partial charge >= 0.3 is 5.97 Å². The molecule has 0 aromatic heterocycles. The van der Waals surface area contributed by atoms with E-state index in [9.17, 15) is 19.5 Å². The number of allylic oxidation sites excluding steroid dienone is 1. The van der Waals surface area contributed by atoms with E-state index in [4.69, 9.17) is 9.47 Å². The van der Waals surface area contributed by atoms with E-state index in [1.807, 2.05) is 26.0 Å². The number of esters is 1. The molecule has 8 heteroatoms. The topological polar surface area (TPSA) is 105 Å². The molecule has 8 nitrogen and oxygen atoms in total. The summed E-state index contributed by atoms with van der Waals surface area (Å²) in [5.74, 6) is -2.38. The van der Waals surface area contributed by atoms with Crippen molar-refractivity contribution in [3.05, 3.63) is 36.4 Å². The number of hydrogen-bond acceptors (Lipinski definition) is 6. The molecule has 0 spiro atoms. The van der Waals surface area contributed by atoms with Gasteiger partial charge in [-0.2, -0.15) is 0 Å². The molecule has 1 aliphatic carbocycles. The van der Waals surface area contributed by atoms with Crippen LogP contribution in [0, 0.1) is 23.7 Å². The van der Waals surface area contributed by atoms with Gasteiger partial charge in [-0.25, -0.2) is 0 Å². The van der Waals surface area contributed by atoms with Crippen molar-refractivity contribution in [3.8, 4) is 5.75 Å². The summed E-state index contributed by atoms with van der Waals surface area (Å²) in [5.41, 5.74) is 0.571. The summed E-state index contributed by atoms with van der Waals surface area (Å²) in [7, 11) is 1.56. The van der Waals surface area contributed by atoms with Crippen LogP contribution in [0.1, 0.15) is 33.6 Å². The van der Waals surface area contributed by atoms with Crippen molar-refractivity contribution >= 4 is 23.5 Å². The average molecular weight is 459 g/mol. The van der Waals surface area contributed by atoms with Gasteiger partial charge in [-0.05, 0) is 49.9 Å². The molecule has 1 saturated heterocycles. The largest absolute Gasteiger partial charge is 0.497 e. The zero-order chi connectivity index (χ0) is 24.1. The first-order valence-corrected chi connectivity index (χ1v) is 11.6. The Balaban J connectivity index is 1.99. The van der Waals surface area contributed by atoms with Crippen LogP contribution in [0.5, 0.6) is 5.75 Å². The van der Waals surface area contributed by atoms with Gasteiger partial charge in [0.2, 0.25) is 11.8 Å². The fraction of sp³-hybridized carbons (Fsp3) is 0.560. The number of likely N-dealkylation sites (tertiary alicyclic amines) is 1. The van der Waals surface area contributed by atoms with E-state index < -0.39 is 35.8 Å². The maximum atomic E-state index is 13.7. The van der Waals surface area contributed by atoms with Crippen molar-refractivity contribution in [1.29, 1.82) is 0 Å². The summed E-state index contributed by atoms with van der Waals surface area (Å²) >= 11 is 0.